The van der Waals surface area contributed by atoms with Crippen LogP contribution in [0.25, 0.3) is 0 Å². The average molecular weight is 374 g/mol. The Bertz CT molecular complexity index is 746. The molecule has 134 valence electrons. The van der Waals surface area contributed by atoms with E-state index >= 15 is 0 Å². The minimum absolute atomic E-state index is 0.0549. The number of nitrogens with zero attached hydrogens (tertiary/aromatic N) is 2. The highest BCUT2D eigenvalue weighted by Crippen LogP contribution is 2.34. The molecule has 0 aromatic heterocycles. The molecule has 9 heteroatoms. The average Bonchev–Trinajstić information content (AvgIpc) is 2.76. The highest BCUT2D eigenvalue weighted by molar-refractivity contribution is 6.52. The van der Waals surface area contributed by atoms with E-state index in [1.54, 1.807) is 4.90 Å². The van der Waals surface area contributed by atoms with Crippen molar-refractivity contribution in [3.63, 3.8) is 0 Å². The molecule has 1 aromatic carbocycles. The van der Waals surface area contributed by atoms with Crippen molar-refractivity contribution in [2.24, 2.45) is 0 Å². The molecule has 1 aromatic rings. The van der Waals surface area contributed by atoms with Crippen LogP contribution in [-0.2, 0) is 15.8 Å². The lowest BCUT2D eigenvalue weighted by Crippen LogP contribution is -2.50. The highest BCUT2D eigenvalue weighted by atomic mass is 35.5. The molecule has 25 heavy (non-hydrogen) atoms. The Kier molecular flexibility index (Phi) is 4.51. The first-order chi connectivity index (χ1) is 11.7. The summed E-state index contributed by atoms with van der Waals surface area (Å²) in [4.78, 5) is 27.6. The molecular weight excluding hydrogens is 359 g/mol. The Morgan fingerprint density at radius 1 is 1.16 bits per heavy atom. The summed E-state index contributed by atoms with van der Waals surface area (Å²) in [5, 5.41) is 3.01. The van der Waals surface area contributed by atoms with Gasteiger partial charge in [0, 0.05) is 25.7 Å². The smallest absolute Gasteiger partial charge is 0.363 e. The molecule has 0 bridgehead atoms. The molecule has 1 N–H and O–H groups in total. The van der Waals surface area contributed by atoms with E-state index in [2.05, 4.69) is 5.32 Å². The van der Waals surface area contributed by atoms with Crippen molar-refractivity contribution >= 4 is 29.1 Å². The number of nitrogens with one attached hydrogen (secondary N) is 1. The number of hydrogen-bond donors (Lipinski definition) is 1. The second kappa shape index (κ2) is 6.34. The van der Waals surface area contributed by atoms with E-state index in [-0.39, 0.29) is 22.5 Å². The summed E-state index contributed by atoms with van der Waals surface area (Å²) in [5.41, 5.74) is -0.704. The number of rotatable bonds is 2. The Balaban J connectivity index is 1.88. The Hall–Kier alpha value is -2.06. The third kappa shape index (κ3) is 3.23. The summed E-state index contributed by atoms with van der Waals surface area (Å²) in [7, 11) is 0. The van der Waals surface area contributed by atoms with E-state index in [0.29, 0.717) is 19.6 Å². The molecule has 3 rings (SSSR count). The van der Waals surface area contributed by atoms with E-state index in [1.165, 1.54) is 0 Å². The molecule has 0 aliphatic carbocycles. The number of piperazine rings is 1. The number of imide groups is 1. The van der Waals surface area contributed by atoms with Crippen LogP contribution in [0, 0.1) is 0 Å². The molecule has 2 aliphatic heterocycles. The van der Waals surface area contributed by atoms with Crippen molar-refractivity contribution in [3.8, 4) is 0 Å². The largest absolute Gasteiger partial charge is 0.416 e. The topological polar surface area (TPSA) is 52.7 Å². The monoisotopic (exact) mass is 373 g/mol. The molecule has 0 radical (unpaired) electrons. The van der Waals surface area contributed by atoms with Gasteiger partial charge in [-0.2, -0.15) is 13.2 Å². The van der Waals surface area contributed by atoms with E-state index in [9.17, 15) is 22.8 Å². The summed E-state index contributed by atoms with van der Waals surface area (Å²) in [6.07, 6.45) is -4.49. The lowest BCUT2D eigenvalue weighted by atomic mass is 10.2. The van der Waals surface area contributed by atoms with Crippen LogP contribution in [0.3, 0.4) is 0 Å². The number of hydrogen-bond acceptors (Lipinski definition) is 4. The fourth-order valence-electron chi connectivity index (χ4n) is 2.93. The molecule has 5 nitrogen and oxygen atoms in total. The fraction of sp³-hybridized carbons (Fsp3) is 0.375. The summed E-state index contributed by atoms with van der Waals surface area (Å²) in [6, 6.07) is 3.95. The van der Waals surface area contributed by atoms with Crippen LogP contribution in [0.5, 0.6) is 0 Å². The normalized spacial score (nSPS) is 22.2. The van der Waals surface area contributed by atoms with Gasteiger partial charge in [0.25, 0.3) is 11.8 Å². The van der Waals surface area contributed by atoms with Crippen LogP contribution in [0.4, 0.5) is 18.9 Å². The van der Waals surface area contributed by atoms with Crippen molar-refractivity contribution in [2.45, 2.75) is 19.1 Å². The molecule has 0 spiro atoms. The first-order valence-corrected chi connectivity index (χ1v) is 8.02. The number of anilines is 1. The third-order valence-corrected chi connectivity index (χ3v) is 4.48. The van der Waals surface area contributed by atoms with E-state index in [1.807, 2.05) is 6.92 Å². The molecule has 0 saturated carbocycles. The lowest BCUT2D eigenvalue weighted by Gasteiger charge is -2.33. The van der Waals surface area contributed by atoms with Gasteiger partial charge in [-0.1, -0.05) is 11.6 Å². The van der Waals surface area contributed by atoms with E-state index in [0.717, 1.165) is 29.2 Å². The molecule has 2 aliphatic rings. The predicted molar refractivity (Wildman–Crippen MR) is 85.9 cm³/mol. The van der Waals surface area contributed by atoms with Gasteiger partial charge >= 0.3 is 6.18 Å². The van der Waals surface area contributed by atoms with E-state index < -0.39 is 23.6 Å². The standard InChI is InChI=1S/C16H15ClF3N3O2/c1-9-8-22(7-6-21-9)13-12(17)14(24)23(15(13)25)11-4-2-10(3-5-11)16(18,19)20/h2-5,9,21H,6-8H2,1H3/t9-/m0/s1. The minimum Gasteiger partial charge on any atom is -0.363 e. The number of benzene rings is 1. The van der Waals surface area contributed by atoms with Gasteiger partial charge in [-0.15, -0.1) is 0 Å². The molecule has 1 saturated heterocycles. The zero-order valence-electron chi connectivity index (χ0n) is 13.2. The van der Waals surface area contributed by atoms with Gasteiger partial charge in [-0.3, -0.25) is 9.59 Å². The SMILES string of the molecule is C[C@H]1CN(C2=C(Cl)C(=O)N(c3ccc(C(F)(F)F)cc3)C2=O)CCN1. The van der Waals surface area contributed by atoms with Crippen LogP contribution in [-0.4, -0.2) is 42.4 Å². The van der Waals surface area contributed by atoms with Gasteiger partial charge < -0.3 is 10.2 Å². The van der Waals surface area contributed by atoms with Gasteiger partial charge in [-0.05, 0) is 31.2 Å². The van der Waals surface area contributed by atoms with Gasteiger partial charge in [0.1, 0.15) is 10.7 Å². The van der Waals surface area contributed by atoms with Gasteiger partial charge in [0.2, 0.25) is 0 Å². The maximum atomic E-state index is 12.7. The van der Waals surface area contributed by atoms with Gasteiger partial charge in [0.15, 0.2) is 0 Å². The van der Waals surface area contributed by atoms with Crippen LogP contribution in [0.15, 0.2) is 35.0 Å². The molecule has 0 unspecified atom stereocenters. The summed E-state index contributed by atoms with van der Waals surface area (Å²) in [5.74, 6) is -1.35. The molecular formula is C16H15ClF3N3O2. The van der Waals surface area contributed by atoms with Gasteiger partial charge in [-0.25, -0.2) is 4.90 Å². The zero-order chi connectivity index (χ0) is 18.4. The van der Waals surface area contributed by atoms with Crippen LogP contribution in [0.1, 0.15) is 12.5 Å². The van der Waals surface area contributed by atoms with Crippen molar-refractivity contribution in [2.75, 3.05) is 24.5 Å². The molecule has 2 amide bonds. The highest BCUT2D eigenvalue weighted by Gasteiger charge is 2.42. The van der Waals surface area contributed by atoms with E-state index in [4.69, 9.17) is 11.6 Å². The Morgan fingerprint density at radius 2 is 1.80 bits per heavy atom. The van der Waals surface area contributed by atoms with Gasteiger partial charge in [0.05, 0.1) is 11.3 Å². The molecule has 1 atom stereocenters. The lowest BCUT2D eigenvalue weighted by molar-refractivity contribution is -0.137. The third-order valence-electron chi connectivity index (χ3n) is 4.14. The molecule has 1 fully saturated rings. The summed E-state index contributed by atoms with van der Waals surface area (Å²) >= 11 is 6.08. The second-order valence-corrected chi connectivity index (χ2v) is 6.33. The Labute approximate surface area is 147 Å². The molecule has 2 heterocycles. The minimum atomic E-state index is -4.49. The second-order valence-electron chi connectivity index (χ2n) is 5.95. The summed E-state index contributed by atoms with van der Waals surface area (Å²) in [6.45, 7) is 3.59. The zero-order valence-corrected chi connectivity index (χ0v) is 14.0. The van der Waals surface area contributed by atoms with Crippen molar-refractivity contribution in [1.82, 2.24) is 10.2 Å². The van der Waals surface area contributed by atoms with Crippen molar-refractivity contribution in [3.05, 3.63) is 40.6 Å². The number of halogens is 4. The number of carbonyl (C=O) groups excluding carboxylic acids is 2. The van der Waals surface area contributed by atoms with Crippen molar-refractivity contribution in [1.29, 1.82) is 0 Å². The van der Waals surface area contributed by atoms with Crippen molar-refractivity contribution < 1.29 is 22.8 Å². The number of carbonyl (C=O) groups is 2. The van der Waals surface area contributed by atoms with Crippen LogP contribution < -0.4 is 10.2 Å². The first-order valence-electron chi connectivity index (χ1n) is 7.64. The van der Waals surface area contributed by atoms with Crippen LogP contribution in [0.2, 0.25) is 0 Å². The first kappa shape index (κ1) is 17.8. The number of amides is 2. The summed E-state index contributed by atoms with van der Waals surface area (Å²) < 4.78 is 38.0. The fourth-order valence-corrected chi connectivity index (χ4v) is 3.22. The Morgan fingerprint density at radius 3 is 2.36 bits per heavy atom. The number of alkyl halides is 3. The quantitative estimate of drug-likeness (QED) is 0.808. The van der Waals surface area contributed by atoms with Crippen LogP contribution >= 0.6 is 11.6 Å². The maximum absolute atomic E-state index is 12.7. The predicted octanol–water partition coefficient (Wildman–Crippen LogP) is 2.32. The maximum Gasteiger partial charge on any atom is 0.416 e.